The fourth-order valence-corrected chi connectivity index (χ4v) is 2.57. The number of hydrogen-bond donors (Lipinski definition) is 2. The van der Waals surface area contributed by atoms with Gasteiger partial charge in [-0.1, -0.05) is 36.4 Å². The molecule has 0 unspecified atom stereocenters. The molecule has 0 radical (unpaired) electrons. The van der Waals surface area contributed by atoms with E-state index in [1.165, 1.54) is 0 Å². The van der Waals surface area contributed by atoms with Gasteiger partial charge in [0.1, 0.15) is 23.2 Å². The minimum Gasteiger partial charge on any atom is -0.484 e. The Morgan fingerprint density at radius 3 is 2.76 bits per heavy atom. The molecule has 0 saturated carbocycles. The first-order valence-electron chi connectivity index (χ1n) is 8.25. The zero-order chi connectivity index (χ0) is 17.6. The van der Waals surface area contributed by atoms with Crippen LogP contribution in [0.2, 0.25) is 0 Å². The number of fused-ring (bicyclic) bond motifs is 1. The number of furan rings is 1. The lowest BCUT2D eigenvalue weighted by atomic mass is 10.2. The van der Waals surface area contributed by atoms with E-state index in [0.717, 1.165) is 16.5 Å². The summed E-state index contributed by atoms with van der Waals surface area (Å²) in [6.45, 7) is 2.22. The van der Waals surface area contributed by atoms with Crippen LogP contribution in [0.15, 0.2) is 59.0 Å². The third-order valence-corrected chi connectivity index (χ3v) is 3.97. The van der Waals surface area contributed by atoms with Gasteiger partial charge in [-0.15, -0.1) is 0 Å². The summed E-state index contributed by atoms with van der Waals surface area (Å²) in [5.74, 6) is 0.978. The maximum Gasteiger partial charge on any atom is 0.257 e. The van der Waals surface area contributed by atoms with Crippen molar-refractivity contribution in [2.24, 2.45) is 0 Å². The number of hydrogen-bond acceptors (Lipinski definition) is 4. The molecule has 0 aliphatic heterocycles. The minimum absolute atomic E-state index is 0.0500. The maximum atomic E-state index is 11.8. The maximum absolute atomic E-state index is 11.8. The number of carbonyl (C=O) groups excluding carboxylic acids is 1. The average Bonchev–Trinajstić information content (AvgIpc) is 3.05. The van der Waals surface area contributed by atoms with E-state index in [4.69, 9.17) is 9.15 Å². The molecule has 0 saturated heterocycles. The van der Waals surface area contributed by atoms with Gasteiger partial charge in [0.25, 0.3) is 5.91 Å². The van der Waals surface area contributed by atoms with Crippen LogP contribution in [-0.2, 0) is 4.79 Å². The van der Waals surface area contributed by atoms with Crippen LogP contribution < -0.4 is 10.1 Å². The summed E-state index contributed by atoms with van der Waals surface area (Å²) >= 11 is 0. The largest absolute Gasteiger partial charge is 0.484 e. The van der Waals surface area contributed by atoms with Crippen molar-refractivity contribution in [2.75, 3.05) is 13.2 Å². The van der Waals surface area contributed by atoms with Gasteiger partial charge in [-0.3, -0.25) is 4.79 Å². The van der Waals surface area contributed by atoms with Crippen LogP contribution in [0.5, 0.6) is 5.75 Å². The lowest BCUT2D eigenvalue weighted by Crippen LogP contribution is -2.30. The van der Waals surface area contributed by atoms with E-state index in [1.54, 1.807) is 0 Å². The number of aliphatic hydroxyl groups is 1. The molecule has 2 aromatic carbocycles. The second kappa shape index (κ2) is 7.85. The molecule has 1 atom stereocenters. The zero-order valence-electron chi connectivity index (χ0n) is 14.1. The van der Waals surface area contributed by atoms with Gasteiger partial charge in [-0.2, -0.15) is 0 Å². The molecule has 1 aromatic heterocycles. The summed E-state index contributed by atoms with van der Waals surface area (Å²) in [5, 5.41) is 13.9. The van der Waals surface area contributed by atoms with Crippen LogP contribution in [-0.4, -0.2) is 24.2 Å². The number of aliphatic hydroxyl groups excluding tert-OH is 1. The Kier molecular flexibility index (Phi) is 5.36. The quantitative estimate of drug-likeness (QED) is 0.692. The number of rotatable bonds is 7. The first kappa shape index (κ1) is 17.0. The highest BCUT2D eigenvalue weighted by Gasteiger charge is 2.13. The first-order valence-corrected chi connectivity index (χ1v) is 8.25. The number of carbonyl (C=O) groups is 1. The van der Waals surface area contributed by atoms with Gasteiger partial charge >= 0.3 is 0 Å². The van der Waals surface area contributed by atoms with E-state index < -0.39 is 6.10 Å². The van der Waals surface area contributed by atoms with Crippen molar-refractivity contribution < 1.29 is 19.1 Å². The fraction of sp³-hybridized carbons (Fsp3) is 0.250. The molecule has 0 bridgehead atoms. The van der Waals surface area contributed by atoms with Crippen molar-refractivity contribution in [2.45, 2.75) is 19.4 Å². The van der Waals surface area contributed by atoms with Crippen LogP contribution in [0.4, 0.5) is 0 Å². The monoisotopic (exact) mass is 339 g/mol. The lowest BCUT2D eigenvalue weighted by molar-refractivity contribution is -0.123. The number of benzene rings is 2. The Morgan fingerprint density at radius 1 is 1.20 bits per heavy atom. The van der Waals surface area contributed by atoms with Crippen LogP contribution in [0.1, 0.15) is 23.8 Å². The van der Waals surface area contributed by atoms with Gasteiger partial charge in [-0.25, -0.2) is 0 Å². The molecule has 5 heteroatoms. The number of aryl methyl sites for hydroxylation is 1. The minimum atomic E-state index is -0.759. The third-order valence-electron chi connectivity index (χ3n) is 3.97. The molecular weight excluding hydrogens is 318 g/mol. The van der Waals surface area contributed by atoms with Gasteiger partial charge in [0.15, 0.2) is 6.61 Å². The summed E-state index contributed by atoms with van der Waals surface area (Å²) in [6.07, 6.45) is -0.388. The van der Waals surface area contributed by atoms with Crippen LogP contribution in [0.25, 0.3) is 11.0 Å². The molecule has 130 valence electrons. The summed E-state index contributed by atoms with van der Waals surface area (Å²) in [5.41, 5.74) is 1.72. The summed E-state index contributed by atoms with van der Waals surface area (Å²) in [7, 11) is 0. The van der Waals surface area contributed by atoms with Gasteiger partial charge in [0.2, 0.25) is 0 Å². The van der Waals surface area contributed by atoms with E-state index >= 15 is 0 Å². The smallest absolute Gasteiger partial charge is 0.257 e. The Hall–Kier alpha value is -2.79. The second-order valence-electron chi connectivity index (χ2n) is 5.90. The van der Waals surface area contributed by atoms with Gasteiger partial charge in [0, 0.05) is 11.9 Å². The van der Waals surface area contributed by atoms with Crippen LogP contribution in [0, 0.1) is 6.92 Å². The Bertz CT molecular complexity index is 823. The van der Waals surface area contributed by atoms with E-state index in [2.05, 4.69) is 5.32 Å². The zero-order valence-corrected chi connectivity index (χ0v) is 14.1. The number of para-hydroxylation sites is 2. The topological polar surface area (TPSA) is 71.7 Å². The van der Waals surface area contributed by atoms with Crippen molar-refractivity contribution >= 4 is 16.9 Å². The lowest BCUT2D eigenvalue weighted by Gasteiger charge is -2.11. The van der Waals surface area contributed by atoms with E-state index in [0.29, 0.717) is 24.5 Å². The molecule has 0 fully saturated rings. The summed E-state index contributed by atoms with van der Waals surface area (Å²) in [4.78, 5) is 11.8. The Balaban J connectivity index is 1.44. The molecule has 1 amide bonds. The Morgan fingerprint density at radius 2 is 1.96 bits per heavy atom. The number of ether oxygens (including phenoxy) is 1. The van der Waals surface area contributed by atoms with Crippen molar-refractivity contribution in [3.63, 3.8) is 0 Å². The summed E-state index contributed by atoms with van der Waals surface area (Å²) in [6, 6.07) is 17.0. The highest BCUT2D eigenvalue weighted by atomic mass is 16.5. The van der Waals surface area contributed by atoms with E-state index in [1.807, 2.05) is 61.5 Å². The van der Waals surface area contributed by atoms with Crippen molar-refractivity contribution in [1.29, 1.82) is 0 Å². The van der Waals surface area contributed by atoms with E-state index in [-0.39, 0.29) is 12.5 Å². The van der Waals surface area contributed by atoms with Crippen molar-refractivity contribution in [3.8, 4) is 5.75 Å². The van der Waals surface area contributed by atoms with Crippen molar-refractivity contribution in [1.82, 2.24) is 5.32 Å². The predicted octanol–water partition coefficient (Wildman–Crippen LogP) is 3.36. The molecular formula is C20H21NO4. The summed E-state index contributed by atoms with van der Waals surface area (Å²) < 4.78 is 11.1. The molecule has 5 nitrogen and oxygen atoms in total. The van der Waals surface area contributed by atoms with Crippen LogP contribution >= 0.6 is 0 Å². The molecule has 3 rings (SSSR count). The van der Waals surface area contributed by atoms with Crippen LogP contribution in [0.3, 0.4) is 0 Å². The predicted molar refractivity (Wildman–Crippen MR) is 95.5 cm³/mol. The number of amides is 1. The fourth-order valence-electron chi connectivity index (χ4n) is 2.57. The first-order chi connectivity index (χ1) is 12.1. The molecule has 0 aliphatic rings. The SMILES string of the molecule is Cc1ccccc1OCC(=O)NCC[C@@H](O)c1cc2ccccc2o1. The highest BCUT2D eigenvalue weighted by Crippen LogP contribution is 2.25. The molecule has 3 aromatic rings. The molecule has 25 heavy (non-hydrogen) atoms. The normalized spacial score (nSPS) is 12.1. The van der Waals surface area contributed by atoms with Gasteiger partial charge < -0.3 is 19.6 Å². The third kappa shape index (κ3) is 4.39. The second-order valence-corrected chi connectivity index (χ2v) is 5.90. The van der Waals surface area contributed by atoms with Crippen molar-refractivity contribution in [3.05, 3.63) is 65.9 Å². The molecule has 2 N–H and O–H groups in total. The Labute approximate surface area is 146 Å². The standard InChI is InChI=1S/C20H21NO4/c1-14-6-2-4-8-17(14)24-13-20(23)21-11-10-16(22)19-12-15-7-3-5-9-18(15)25-19/h2-9,12,16,22H,10-11,13H2,1H3,(H,21,23)/t16-/m1/s1. The highest BCUT2D eigenvalue weighted by molar-refractivity contribution is 5.78. The molecule has 1 heterocycles. The number of nitrogens with one attached hydrogen (secondary N) is 1. The molecule has 0 spiro atoms. The average molecular weight is 339 g/mol. The molecule has 0 aliphatic carbocycles. The van der Waals surface area contributed by atoms with E-state index in [9.17, 15) is 9.90 Å². The van der Waals surface area contributed by atoms with Gasteiger partial charge in [-0.05, 0) is 37.1 Å². The van der Waals surface area contributed by atoms with Gasteiger partial charge in [0.05, 0.1) is 0 Å².